The second kappa shape index (κ2) is 6.40. The highest BCUT2D eigenvalue weighted by Crippen LogP contribution is 2.23. The number of carbonyl (C=O) groups excluding carboxylic acids is 1. The van der Waals surface area contributed by atoms with Crippen LogP contribution in [-0.2, 0) is 0 Å². The van der Waals surface area contributed by atoms with Gasteiger partial charge in [0.2, 0.25) is 0 Å². The summed E-state index contributed by atoms with van der Waals surface area (Å²) in [6.07, 6.45) is 2.16. The number of amides is 1. The molecule has 0 aliphatic carbocycles. The predicted octanol–water partition coefficient (Wildman–Crippen LogP) is 1.47. The van der Waals surface area contributed by atoms with Crippen molar-refractivity contribution in [2.24, 2.45) is 0 Å². The lowest BCUT2D eigenvalue weighted by Crippen LogP contribution is -2.33. The zero-order valence-electron chi connectivity index (χ0n) is 11.6. The summed E-state index contributed by atoms with van der Waals surface area (Å²) in [5.74, 6) is 5.38. The number of aliphatic hydroxyl groups excluding tert-OH is 1. The second-order valence-corrected chi connectivity index (χ2v) is 6.21. The fourth-order valence-corrected chi connectivity index (χ4v) is 3.04. The monoisotopic (exact) mass is 293 g/mol. The van der Waals surface area contributed by atoms with Crippen molar-refractivity contribution in [3.05, 3.63) is 21.9 Å². The van der Waals surface area contributed by atoms with E-state index in [-0.39, 0.29) is 12.5 Å². The molecule has 0 radical (unpaired) electrons. The number of thiophene rings is 1. The first-order valence-corrected chi connectivity index (χ1v) is 7.60. The summed E-state index contributed by atoms with van der Waals surface area (Å²) in [5.41, 5.74) is -0.0275. The van der Waals surface area contributed by atoms with Crippen LogP contribution in [-0.4, -0.2) is 46.3 Å². The Morgan fingerprint density at radius 2 is 2.30 bits per heavy atom. The highest BCUT2D eigenvalue weighted by atomic mass is 32.1. The highest BCUT2D eigenvalue weighted by molar-refractivity contribution is 7.10. The van der Waals surface area contributed by atoms with Gasteiger partial charge in [0.25, 0.3) is 5.91 Å². The number of carbonyl (C=O) groups is 1. The Labute approximate surface area is 123 Å². The standard InChI is InChI=1S/C15H19NO3S/c1-15(19)5-3-7-16(8-6-15)14(18)12-10-13(20-11-12)4-2-9-17/h10-11,17,19H,3,5-9H2,1H3. The maximum absolute atomic E-state index is 12.4. The van der Waals surface area contributed by atoms with Crippen molar-refractivity contribution in [1.82, 2.24) is 4.90 Å². The molecule has 1 aliphatic rings. The van der Waals surface area contributed by atoms with Crippen LogP contribution in [0, 0.1) is 11.8 Å². The molecule has 108 valence electrons. The predicted molar refractivity (Wildman–Crippen MR) is 78.7 cm³/mol. The molecule has 0 spiro atoms. The summed E-state index contributed by atoms with van der Waals surface area (Å²) in [7, 11) is 0. The number of hydrogen-bond donors (Lipinski definition) is 2. The summed E-state index contributed by atoms with van der Waals surface area (Å²) in [6, 6.07) is 1.76. The van der Waals surface area contributed by atoms with Crippen LogP contribution < -0.4 is 0 Å². The van der Waals surface area contributed by atoms with E-state index in [1.54, 1.807) is 16.3 Å². The molecule has 1 amide bonds. The van der Waals surface area contributed by atoms with E-state index in [0.717, 1.165) is 17.7 Å². The number of likely N-dealkylation sites (tertiary alicyclic amines) is 1. The Morgan fingerprint density at radius 3 is 3.05 bits per heavy atom. The summed E-state index contributed by atoms with van der Waals surface area (Å²) < 4.78 is 0. The first-order chi connectivity index (χ1) is 9.52. The maximum Gasteiger partial charge on any atom is 0.254 e. The van der Waals surface area contributed by atoms with Crippen molar-refractivity contribution in [2.45, 2.75) is 31.8 Å². The molecule has 1 atom stereocenters. The van der Waals surface area contributed by atoms with Gasteiger partial charge in [0.15, 0.2) is 0 Å². The minimum Gasteiger partial charge on any atom is -0.390 e. The molecule has 1 aromatic heterocycles. The van der Waals surface area contributed by atoms with Crippen LogP contribution in [0.5, 0.6) is 0 Å². The molecule has 20 heavy (non-hydrogen) atoms. The summed E-state index contributed by atoms with van der Waals surface area (Å²) in [4.78, 5) is 15.0. The normalized spacial score (nSPS) is 22.9. The Kier molecular flexibility index (Phi) is 4.81. The smallest absolute Gasteiger partial charge is 0.254 e. The Hall–Kier alpha value is -1.35. The molecule has 1 saturated heterocycles. The van der Waals surface area contributed by atoms with Crippen molar-refractivity contribution in [3.63, 3.8) is 0 Å². The summed E-state index contributed by atoms with van der Waals surface area (Å²) in [5, 5.41) is 20.5. The van der Waals surface area contributed by atoms with E-state index >= 15 is 0 Å². The van der Waals surface area contributed by atoms with Crippen LogP contribution >= 0.6 is 11.3 Å². The molecule has 1 aliphatic heterocycles. The zero-order chi connectivity index (χ0) is 14.6. The van der Waals surface area contributed by atoms with Crippen LogP contribution in [0.2, 0.25) is 0 Å². The number of aliphatic hydroxyl groups is 2. The molecular formula is C15H19NO3S. The van der Waals surface area contributed by atoms with Crippen LogP contribution in [0.3, 0.4) is 0 Å². The lowest BCUT2D eigenvalue weighted by molar-refractivity contribution is 0.0438. The van der Waals surface area contributed by atoms with Crippen LogP contribution in [0.4, 0.5) is 0 Å². The van der Waals surface area contributed by atoms with Crippen molar-refractivity contribution in [2.75, 3.05) is 19.7 Å². The van der Waals surface area contributed by atoms with Gasteiger partial charge >= 0.3 is 0 Å². The molecule has 2 rings (SSSR count). The van der Waals surface area contributed by atoms with E-state index in [1.165, 1.54) is 11.3 Å². The maximum atomic E-state index is 12.4. The van der Waals surface area contributed by atoms with Crippen molar-refractivity contribution in [1.29, 1.82) is 0 Å². The average molecular weight is 293 g/mol. The third-order valence-electron chi connectivity index (χ3n) is 3.49. The first-order valence-electron chi connectivity index (χ1n) is 6.72. The second-order valence-electron chi connectivity index (χ2n) is 5.30. The molecule has 2 heterocycles. The van der Waals surface area contributed by atoms with Gasteiger partial charge in [-0.2, -0.15) is 0 Å². The van der Waals surface area contributed by atoms with E-state index in [4.69, 9.17) is 5.11 Å². The fraction of sp³-hybridized carbons (Fsp3) is 0.533. The molecule has 0 bridgehead atoms. The lowest BCUT2D eigenvalue weighted by Gasteiger charge is -2.22. The molecule has 0 saturated carbocycles. The van der Waals surface area contributed by atoms with E-state index in [0.29, 0.717) is 25.1 Å². The number of hydrogen-bond acceptors (Lipinski definition) is 4. The zero-order valence-corrected chi connectivity index (χ0v) is 12.4. The molecular weight excluding hydrogens is 274 g/mol. The number of rotatable bonds is 1. The van der Waals surface area contributed by atoms with Gasteiger partial charge in [0.1, 0.15) is 6.61 Å². The largest absolute Gasteiger partial charge is 0.390 e. The molecule has 1 fully saturated rings. The third-order valence-corrected chi connectivity index (χ3v) is 4.33. The topological polar surface area (TPSA) is 60.8 Å². The summed E-state index contributed by atoms with van der Waals surface area (Å²) in [6.45, 7) is 2.92. The van der Waals surface area contributed by atoms with Crippen molar-refractivity contribution in [3.8, 4) is 11.8 Å². The van der Waals surface area contributed by atoms with Gasteiger partial charge in [-0.25, -0.2) is 0 Å². The van der Waals surface area contributed by atoms with Crippen LogP contribution in [0.15, 0.2) is 11.4 Å². The first kappa shape index (κ1) is 15.0. The van der Waals surface area contributed by atoms with Gasteiger partial charge in [-0.1, -0.05) is 11.8 Å². The Balaban J connectivity index is 2.05. The van der Waals surface area contributed by atoms with E-state index in [2.05, 4.69) is 11.8 Å². The molecule has 1 unspecified atom stereocenters. The van der Waals surface area contributed by atoms with Gasteiger partial charge in [-0.05, 0) is 32.3 Å². The molecule has 0 aromatic carbocycles. The molecule has 5 heteroatoms. The SMILES string of the molecule is CC1(O)CCCN(C(=O)c2csc(C#CCO)c2)CC1. The van der Waals surface area contributed by atoms with Gasteiger partial charge < -0.3 is 15.1 Å². The quantitative estimate of drug-likeness (QED) is 0.771. The Bertz CT molecular complexity index is 539. The third kappa shape index (κ3) is 3.83. The van der Waals surface area contributed by atoms with E-state index < -0.39 is 5.60 Å². The highest BCUT2D eigenvalue weighted by Gasteiger charge is 2.27. The van der Waals surface area contributed by atoms with Crippen LogP contribution in [0.1, 0.15) is 41.4 Å². The number of nitrogens with zero attached hydrogens (tertiary/aromatic N) is 1. The van der Waals surface area contributed by atoms with Crippen molar-refractivity contribution < 1.29 is 15.0 Å². The fourth-order valence-electron chi connectivity index (χ4n) is 2.29. The minimum absolute atomic E-state index is 0.00371. The van der Waals surface area contributed by atoms with E-state index in [1.807, 2.05) is 6.92 Å². The molecule has 2 N–H and O–H groups in total. The average Bonchev–Trinajstić information content (AvgIpc) is 2.80. The van der Waals surface area contributed by atoms with Gasteiger partial charge in [-0.15, -0.1) is 11.3 Å². The summed E-state index contributed by atoms with van der Waals surface area (Å²) >= 11 is 1.41. The minimum atomic E-state index is -0.665. The van der Waals surface area contributed by atoms with Crippen LogP contribution in [0.25, 0.3) is 0 Å². The van der Waals surface area contributed by atoms with Crippen molar-refractivity contribution >= 4 is 17.2 Å². The van der Waals surface area contributed by atoms with E-state index in [9.17, 15) is 9.90 Å². The van der Waals surface area contributed by atoms with Gasteiger partial charge in [-0.3, -0.25) is 4.79 Å². The van der Waals surface area contributed by atoms with Gasteiger partial charge in [0, 0.05) is 18.5 Å². The Morgan fingerprint density at radius 1 is 1.50 bits per heavy atom. The molecule has 4 nitrogen and oxygen atoms in total. The van der Waals surface area contributed by atoms with Gasteiger partial charge in [0.05, 0.1) is 16.0 Å². The lowest BCUT2D eigenvalue weighted by atomic mass is 9.98. The molecule has 1 aromatic rings.